The Morgan fingerprint density at radius 3 is 2.50 bits per heavy atom. The van der Waals surface area contributed by atoms with Gasteiger partial charge in [0.15, 0.2) is 0 Å². The highest BCUT2D eigenvalue weighted by Crippen LogP contribution is 2.22. The van der Waals surface area contributed by atoms with Gasteiger partial charge in [0.1, 0.15) is 12.4 Å². The van der Waals surface area contributed by atoms with Crippen LogP contribution in [0.1, 0.15) is 38.5 Å². The zero-order valence-electron chi connectivity index (χ0n) is 16.2. The maximum absolute atomic E-state index is 12.6. The molecule has 1 unspecified atom stereocenters. The quantitative estimate of drug-likeness (QED) is 0.671. The first-order valence-corrected chi connectivity index (χ1v) is 9.95. The summed E-state index contributed by atoms with van der Waals surface area (Å²) in [4.78, 5) is 26.9. The van der Waals surface area contributed by atoms with Crippen LogP contribution in [0.25, 0.3) is 0 Å². The Bertz CT molecular complexity index is 635. The average molecular weight is 411 g/mol. The number of nitrogens with one attached hydrogen (secondary N) is 2. The van der Waals surface area contributed by atoms with E-state index in [1.165, 1.54) is 12.8 Å². The van der Waals surface area contributed by atoms with Crippen LogP contribution in [0.2, 0.25) is 0 Å². The smallest absolute Gasteiger partial charge is 0.317 e. The molecule has 1 saturated heterocycles. The van der Waals surface area contributed by atoms with Crippen LogP contribution in [0.3, 0.4) is 0 Å². The van der Waals surface area contributed by atoms with Crippen LogP contribution < -0.4 is 21.1 Å². The van der Waals surface area contributed by atoms with E-state index in [1.54, 1.807) is 4.90 Å². The zero-order chi connectivity index (χ0) is 19.1. The van der Waals surface area contributed by atoms with Gasteiger partial charge in [0.25, 0.3) is 0 Å². The third-order valence-corrected chi connectivity index (χ3v) is 5.27. The van der Waals surface area contributed by atoms with Crippen LogP contribution >= 0.6 is 12.4 Å². The number of carbonyl (C=O) groups is 2. The van der Waals surface area contributed by atoms with Crippen molar-refractivity contribution in [1.29, 1.82) is 0 Å². The Balaban J connectivity index is 0.00000280. The molecule has 156 valence electrons. The Kier molecular flexibility index (Phi) is 8.86. The monoisotopic (exact) mass is 410 g/mol. The third kappa shape index (κ3) is 6.27. The van der Waals surface area contributed by atoms with Crippen molar-refractivity contribution in [2.75, 3.05) is 31.6 Å². The number of amides is 3. The summed E-state index contributed by atoms with van der Waals surface area (Å²) in [5.74, 6) is 0.510. The van der Waals surface area contributed by atoms with Crippen molar-refractivity contribution < 1.29 is 14.3 Å². The van der Waals surface area contributed by atoms with E-state index in [-0.39, 0.29) is 30.3 Å². The summed E-state index contributed by atoms with van der Waals surface area (Å²) in [7, 11) is 0. The fourth-order valence-electron chi connectivity index (χ4n) is 3.77. The van der Waals surface area contributed by atoms with Crippen molar-refractivity contribution in [1.82, 2.24) is 10.2 Å². The highest BCUT2D eigenvalue weighted by atomic mass is 35.5. The summed E-state index contributed by atoms with van der Waals surface area (Å²) in [5, 5.41) is 6.06. The molecule has 1 heterocycles. The Labute approximate surface area is 172 Å². The zero-order valence-corrected chi connectivity index (χ0v) is 17.0. The number of likely N-dealkylation sites (tertiary alicyclic amines) is 1. The summed E-state index contributed by atoms with van der Waals surface area (Å²) in [5.41, 5.74) is 6.15. The summed E-state index contributed by atoms with van der Waals surface area (Å²) in [6, 6.07) is 7.53. The lowest BCUT2D eigenvalue weighted by Crippen LogP contribution is -2.49. The topological polar surface area (TPSA) is 96.7 Å². The molecule has 1 aromatic rings. The summed E-state index contributed by atoms with van der Waals surface area (Å²) >= 11 is 0. The number of rotatable bonds is 6. The van der Waals surface area contributed by atoms with E-state index in [2.05, 4.69) is 10.6 Å². The van der Waals surface area contributed by atoms with Crippen LogP contribution in [0, 0.1) is 5.92 Å². The largest absolute Gasteiger partial charge is 0.492 e. The third-order valence-electron chi connectivity index (χ3n) is 5.27. The summed E-state index contributed by atoms with van der Waals surface area (Å²) < 4.78 is 5.44. The molecular weight excluding hydrogens is 380 g/mol. The molecular formula is C20H31ClN4O3. The fourth-order valence-corrected chi connectivity index (χ4v) is 3.77. The number of nitrogens with zero attached hydrogens (tertiary/aromatic N) is 1. The fraction of sp³-hybridized carbons (Fsp3) is 0.600. The maximum Gasteiger partial charge on any atom is 0.317 e. The van der Waals surface area contributed by atoms with E-state index in [0.29, 0.717) is 25.7 Å². The van der Waals surface area contributed by atoms with Gasteiger partial charge in [-0.15, -0.1) is 12.4 Å². The second-order valence-electron chi connectivity index (χ2n) is 7.37. The molecule has 4 N–H and O–H groups in total. The lowest BCUT2D eigenvalue weighted by molar-refractivity contribution is -0.121. The Morgan fingerprint density at radius 2 is 1.82 bits per heavy atom. The maximum atomic E-state index is 12.6. The van der Waals surface area contributed by atoms with E-state index in [9.17, 15) is 9.59 Å². The molecule has 1 aromatic carbocycles. The number of ether oxygens (including phenoxy) is 1. The van der Waals surface area contributed by atoms with E-state index in [4.69, 9.17) is 10.5 Å². The SMILES string of the molecule is Cl.NCCOc1ccc(NC(=O)C2CCCN(C(=O)NC3CCCC3)C2)cc1. The van der Waals surface area contributed by atoms with Gasteiger partial charge in [0, 0.05) is 31.4 Å². The van der Waals surface area contributed by atoms with Gasteiger partial charge in [-0.1, -0.05) is 12.8 Å². The predicted molar refractivity (Wildman–Crippen MR) is 112 cm³/mol. The standard InChI is InChI=1S/C20H30N4O3.ClH/c21-11-13-27-18-9-7-17(8-10-18)22-19(25)15-4-3-12-24(14-15)20(26)23-16-5-1-2-6-16;/h7-10,15-16H,1-6,11-14,21H2,(H,22,25)(H,23,26);1H. The van der Waals surface area contributed by atoms with E-state index >= 15 is 0 Å². The van der Waals surface area contributed by atoms with Crippen molar-refractivity contribution >= 4 is 30.0 Å². The van der Waals surface area contributed by atoms with Gasteiger partial charge in [0.2, 0.25) is 5.91 Å². The van der Waals surface area contributed by atoms with Gasteiger partial charge in [-0.25, -0.2) is 4.79 Å². The molecule has 1 atom stereocenters. The van der Waals surface area contributed by atoms with Gasteiger partial charge in [-0.3, -0.25) is 4.79 Å². The van der Waals surface area contributed by atoms with Crippen molar-refractivity contribution in [3.8, 4) is 5.75 Å². The number of hydrogen-bond acceptors (Lipinski definition) is 4. The molecule has 0 spiro atoms. The lowest BCUT2D eigenvalue weighted by Gasteiger charge is -2.33. The highest BCUT2D eigenvalue weighted by molar-refractivity contribution is 5.93. The number of hydrogen-bond donors (Lipinski definition) is 3. The number of piperidine rings is 1. The van der Waals surface area contributed by atoms with Crippen molar-refractivity contribution in [3.05, 3.63) is 24.3 Å². The summed E-state index contributed by atoms with van der Waals surface area (Å²) in [6.45, 7) is 2.12. The number of urea groups is 1. The molecule has 28 heavy (non-hydrogen) atoms. The van der Waals surface area contributed by atoms with Gasteiger partial charge >= 0.3 is 6.03 Å². The minimum Gasteiger partial charge on any atom is -0.492 e. The van der Waals surface area contributed by atoms with Crippen LogP contribution in [0.15, 0.2) is 24.3 Å². The number of benzene rings is 1. The molecule has 0 radical (unpaired) electrons. The molecule has 0 bridgehead atoms. The lowest BCUT2D eigenvalue weighted by atomic mass is 9.97. The van der Waals surface area contributed by atoms with Crippen molar-refractivity contribution in [2.45, 2.75) is 44.6 Å². The van der Waals surface area contributed by atoms with E-state index < -0.39 is 0 Å². The minimum atomic E-state index is -0.179. The van der Waals surface area contributed by atoms with Crippen molar-refractivity contribution in [2.24, 2.45) is 11.7 Å². The van der Waals surface area contributed by atoms with Crippen molar-refractivity contribution in [3.63, 3.8) is 0 Å². The first-order valence-electron chi connectivity index (χ1n) is 9.95. The second kappa shape index (κ2) is 11.1. The summed E-state index contributed by atoms with van der Waals surface area (Å²) in [6.07, 6.45) is 6.15. The highest BCUT2D eigenvalue weighted by Gasteiger charge is 2.29. The van der Waals surface area contributed by atoms with Crippen LogP contribution in [0.4, 0.5) is 10.5 Å². The second-order valence-corrected chi connectivity index (χ2v) is 7.37. The molecule has 3 amide bonds. The van der Waals surface area contributed by atoms with E-state index in [0.717, 1.165) is 43.7 Å². The Morgan fingerprint density at radius 1 is 1.11 bits per heavy atom. The van der Waals surface area contributed by atoms with Gasteiger partial charge in [-0.05, 0) is 49.9 Å². The van der Waals surface area contributed by atoms with Gasteiger partial charge in [0.05, 0.1) is 5.92 Å². The molecule has 1 aliphatic heterocycles. The minimum absolute atomic E-state index is 0. The first-order chi connectivity index (χ1) is 13.2. The predicted octanol–water partition coefficient (Wildman–Crippen LogP) is 2.75. The number of halogens is 1. The number of anilines is 1. The van der Waals surface area contributed by atoms with Crippen LogP contribution in [-0.4, -0.2) is 49.1 Å². The molecule has 2 fully saturated rings. The molecule has 2 aliphatic rings. The molecule has 0 aromatic heterocycles. The Hall–Kier alpha value is -1.99. The van der Waals surface area contributed by atoms with Gasteiger partial charge < -0.3 is 26.0 Å². The normalized spacial score (nSPS) is 19.6. The molecule has 3 rings (SSSR count). The molecule has 1 aliphatic carbocycles. The average Bonchev–Trinajstić information content (AvgIpc) is 3.20. The van der Waals surface area contributed by atoms with Crippen LogP contribution in [-0.2, 0) is 4.79 Å². The van der Waals surface area contributed by atoms with Gasteiger partial charge in [-0.2, -0.15) is 0 Å². The number of nitrogens with two attached hydrogens (primary N) is 1. The first kappa shape index (κ1) is 22.3. The molecule has 8 heteroatoms. The number of carbonyl (C=O) groups excluding carboxylic acids is 2. The van der Waals surface area contributed by atoms with E-state index in [1.807, 2.05) is 24.3 Å². The molecule has 7 nitrogen and oxygen atoms in total. The van der Waals surface area contributed by atoms with Crippen LogP contribution in [0.5, 0.6) is 5.75 Å². The molecule has 1 saturated carbocycles.